The molecule has 36 heavy (non-hydrogen) atoms. The second kappa shape index (κ2) is 10.5. The lowest BCUT2D eigenvalue weighted by Crippen LogP contribution is -2.33. The molecule has 0 amide bonds. The maximum atomic E-state index is 14.8. The first-order chi connectivity index (χ1) is 22.2. The van der Waals surface area contributed by atoms with Gasteiger partial charge in [0, 0.05) is 32.3 Å². The normalized spacial score (nSPS) is 35.9. The zero-order valence-electron chi connectivity index (χ0n) is 31.9. The summed E-state index contributed by atoms with van der Waals surface area (Å²) >= 11 is 0.247. The van der Waals surface area contributed by atoms with Crippen molar-refractivity contribution in [3.05, 3.63) is 35.1 Å². The van der Waals surface area contributed by atoms with E-state index in [9.17, 15) is 19.7 Å². The Balaban J connectivity index is 1.57. The molecule has 0 radical (unpaired) electrons. The number of fused-ring (bicyclic) bond motifs is 1. The van der Waals surface area contributed by atoms with E-state index in [0.717, 1.165) is 11.6 Å². The zero-order chi connectivity index (χ0) is 37.0. The van der Waals surface area contributed by atoms with Gasteiger partial charge in [0.2, 0.25) is 0 Å². The lowest BCUT2D eigenvalue weighted by molar-refractivity contribution is -0.0629. The number of benzene rings is 1. The van der Waals surface area contributed by atoms with Gasteiger partial charge >= 0.3 is 0 Å². The van der Waals surface area contributed by atoms with Crippen LogP contribution in [0.25, 0.3) is 11.2 Å². The fraction of sp³-hybridized carbons (Fsp3) is 0.583. The largest absolute Gasteiger partial charge is 0.394 e. The SMILES string of the molecule is [2H]c1c([2H])c([C@H]2[C@H](Nc3nc(SC([2H])([2H])C([2H])([2H])C)nc4c3nnn4[C@@H]3C[C@H](OC([2H])([2H])C([2H])([2H])O)[C@@H](O)[C@H]3O)C2([2H])[2H])c([2H])c(F)c1C. The molecular formula is C24H31FN6O4S. The zero-order valence-corrected chi connectivity index (χ0v) is 19.8. The standard InChI is InChI=1S/C24H31FN6O4S/c1-3-8-36-24-27-22(26-16-10-14(16)13-5-4-12(2)15(25)9-13)19-23(28-24)31(30-29-19)17-11-18(35-7-6-32)21(34)20(17)33/h4-5,9,14,16-18,20-21,32-34H,3,6-8,10-11H2,1-2H3,(H,26,27,28)/t14-,16+,17+,18-,20-,21+/m0/s1/i3D2,4D,5D,6D2,7D2,8D2,9D,10D2. The molecule has 1 aromatic carbocycles. The number of anilines is 1. The summed E-state index contributed by atoms with van der Waals surface area (Å²) in [7, 11) is 0. The summed E-state index contributed by atoms with van der Waals surface area (Å²) in [6, 6.07) is -4.41. The highest BCUT2D eigenvalue weighted by Crippen LogP contribution is 2.44. The van der Waals surface area contributed by atoms with Gasteiger partial charge in [-0.15, -0.1) is 5.10 Å². The molecule has 2 aliphatic carbocycles. The van der Waals surface area contributed by atoms with Gasteiger partial charge in [-0.05, 0) is 36.8 Å². The predicted octanol–water partition coefficient (Wildman–Crippen LogP) is 2.18. The number of thioether (sulfide) groups is 1. The van der Waals surface area contributed by atoms with E-state index in [0.29, 0.717) is 0 Å². The number of aromatic nitrogens is 5. The first-order valence-electron chi connectivity index (χ1n) is 17.3. The van der Waals surface area contributed by atoms with Gasteiger partial charge in [-0.2, -0.15) is 0 Å². The van der Waals surface area contributed by atoms with E-state index in [4.69, 9.17) is 22.6 Å². The number of aliphatic hydroxyl groups excluding tert-OH is 2. The minimum Gasteiger partial charge on any atom is -0.394 e. The number of rotatable bonds is 10. The molecule has 4 N–H and O–H groups in total. The van der Waals surface area contributed by atoms with Crippen molar-refractivity contribution >= 4 is 28.7 Å². The van der Waals surface area contributed by atoms with Crippen LogP contribution >= 0.6 is 11.8 Å². The fourth-order valence-corrected chi connectivity index (χ4v) is 4.44. The first-order valence-corrected chi connectivity index (χ1v) is 11.6. The Bertz CT molecular complexity index is 1760. The van der Waals surface area contributed by atoms with Crippen molar-refractivity contribution in [2.24, 2.45) is 0 Å². The molecule has 3 aromatic rings. The summed E-state index contributed by atoms with van der Waals surface area (Å²) in [6.07, 6.45) is -10.3. The molecule has 2 heterocycles. The second-order valence-electron chi connectivity index (χ2n) is 8.16. The number of aliphatic hydroxyl groups is 3. The average molecular weight is 532 g/mol. The Hall–Kier alpha value is -2.38. The molecule has 6 atom stereocenters. The monoisotopic (exact) mass is 531 g/mol. The van der Waals surface area contributed by atoms with Crippen LogP contribution in [0.5, 0.6) is 0 Å². The molecule has 2 aliphatic rings. The van der Waals surface area contributed by atoms with E-state index in [1.165, 1.54) is 6.92 Å². The first kappa shape index (κ1) is 14.0. The third kappa shape index (κ3) is 4.92. The molecule has 0 spiro atoms. The van der Waals surface area contributed by atoms with Crippen molar-refractivity contribution in [1.82, 2.24) is 25.0 Å². The van der Waals surface area contributed by atoms with Gasteiger partial charge in [0.25, 0.3) is 0 Å². The minimum absolute atomic E-state index is 0.201. The van der Waals surface area contributed by atoms with Gasteiger partial charge in [-0.3, -0.25) is 0 Å². The molecular weight excluding hydrogens is 487 g/mol. The van der Waals surface area contributed by atoms with E-state index in [1.807, 2.05) is 0 Å². The van der Waals surface area contributed by atoms with Gasteiger partial charge in [-0.1, -0.05) is 36.0 Å². The van der Waals surface area contributed by atoms with Crippen LogP contribution < -0.4 is 5.32 Å². The molecule has 5 rings (SSSR count). The summed E-state index contributed by atoms with van der Waals surface area (Å²) in [6.45, 7) is -4.60. The van der Waals surface area contributed by atoms with E-state index >= 15 is 0 Å². The van der Waals surface area contributed by atoms with Crippen molar-refractivity contribution in [3.63, 3.8) is 0 Å². The second-order valence-corrected chi connectivity index (χ2v) is 8.94. The third-order valence-corrected chi connectivity index (χ3v) is 6.53. The summed E-state index contributed by atoms with van der Waals surface area (Å²) in [4.78, 5) is 8.47. The Morgan fingerprint density at radius 1 is 1.36 bits per heavy atom. The molecule has 12 heteroatoms. The van der Waals surface area contributed by atoms with E-state index in [2.05, 4.69) is 25.6 Å². The highest BCUT2D eigenvalue weighted by atomic mass is 32.2. The molecule has 0 unspecified atom stereocenters. The molecule has 2 saturated carbocycles. The maximum Gasteiger partial charge on any atom is 0.191 e. The highest BCUT2D eigenvalue weighted by Gasteiger charge is 2.45. The molecule has 194 valence electrons. The lowest BCUT2D eigenvalue weighted by atomic mass is 10.1. The van der Waals surface area contributed by atoms with E-state index in [-0.39, 0.29) is 39.9 Å². The molecule has 0 aliphatic heterocycles. The van der Waals surface area contributed by atoms with Crippen molar-refractivity contribution in [1.29, 1.82) is 0 Å². The molecule has 0 bridgehead atoms. The van der Waals surface area contributed by atoms with Crippen LogP contribution in [-0.4, -0.2) is 83.5 Å². The van der Waals surface area contributed by atoms with Gasteiger partial charge in [0.05, 0.1) is 34.9 Å². The van der Waals surface area contributed by atoms with Gasteiger partial charge in [0.15, 0.2) is 22.1 Å². The maximum absolute atomic E-state index is 14.8. The molecule has 2 fully saturated rings. The van der Waals surface area contributed by atoms with Crippen molar-refractivity contribution < 1.29 is 42.3 Å². The van der Waals surface area contributed by atoms with Crippen LogP contribution in [0.15, 0.2) is 23.3 Å². The topological polar surface area (TPSA) is 138 Å². The smallest absolute Gasteiger partial charge is 0.191 e. The van der Waals surface area contributed by atoms with Crippen molar-refractivity contribution in [2.75, 3.05) is 24.1 Å². The van der Waals surface area contributed by atoms with Gasteiger partial charge in [-0.25, -0.2) is 19.0 Å². The highest BCUT2D eigenvalue weighted by molar-refractivity contribution is 7.99. The quantitative estimate of drug-likeness (QED) is 0.227. The minimum atomic E-state index is -3.49. The Labute approximate surface area is 230 Å². The molecule has 0 saturated heterocycles. The van der Waals surface area contributed by atoms with Crippen LogP contribution in [0.1, 0.15) is 67.0 Å². The number of hydrogen-bond donors (Lipinski definition) is 4. The molecule has 2 aromatic heterocycles. The lowest BCUT2D eigenvalue weighted by Gasteiger charge is -2.17. The molecule has 10 nitrogen and oxygen atoms in total. The number of halogens is 1. The van der Waals surface area contributed by atoms with Crippen LogP contribution in [-0.2, 0) is 4.74 Å². The van der Waals surface area contributed by atoms with Crippen LogP contribution in [0.2, 0.25) is 0 Å². The summed E-state index contributed by atoms with van der Waals surface area (Å²) in [5.74, 6) is -2.70. The average Bonchev–Trinajstić information content (AvgIpc) is 3.22. The number of nitrogens with zero attached hydrogens (tertiary/aromatic N) is 5. The number of hydrogen-bond acceptors (Lipinski definition) is 10. The number of nitrogens with one attached hydrogen (secondary N) is 1. The van der Waals surface area contributed by atoms with Crippen LogP contribution in [0.4, 0.5) is 10.2 Å². The summed E-state index contributed by atoms with van der Waals surface area (Å²) in [5, 5.41) is 41.4. The Morgan fingerprint density at radius 2 is 2.19 bits per heavy atom. The van der Waals surface area contributed by atoms with E-state index < -0.39 is 103 Å². The summed E-state index contributed by atoms with van der Waals surface area (Å²) in [5.41, 5.74) is -3.71. The third-order valence-electron chi connectivity index (χ3n) is 5.86. The Morgan fingerprint density at radius 3 is 2.97 bits per heavy atom. The fourth-order valence-electron chi connectivity index (χ4n) is 3.98. The van der Waals surface area contributed by atoms with Crippen molar-refractivity contribution in [3.8, 4) is 0 Å². The number of ether oxygens (including phenoxy) is 1. The van der Waals surface area contributed by atoms with Crippen molar-refractivity contribution in [2.45, 2.75) is 74.5 Å². The van der Waals surface area contributed by atoms with Gasteiger partial charge < -0.3 is 25.4 Å². The Kier molecular flexibility index (Phi) is 4.09. The van der Waals surface area contributed by atoms with E-state index in [1.54, 1.807) is 0 Å². The summed E-state index contributed by atoms with van der Waals surface area (Å²) < 4.78 is 125. The van der Waals surface area contributed by atoms with Crippen LogP contribution in [0.3, 0.4) is 0 Å². The van der Waals surface area contributed by atoms with Crippen LogP contribution in [0, 0.1) is 12.7 Å². The predicted molar refractivity (Wildman–Crippen MR) is 133 cm³/mol. The van der Waals surface area contributed by atoms with Gasteiger partial charge in [0.1, 0.15) is 18.0 Å².